The lowest BCUT2D eigenvalue weighted by Crippen LogP contribution is -2.19. The zero-order chi connectivity index (χ0) is 16.2. The summed E-state index contributed by atoms with van der Waals surface area (Å²) in [5.41, 5.74) is -1.11. The average Bonchev–Trinajstić information content (AvgIpc) is 2.37. The molecular weight excluding hydrogens is 369 g/mol. The minimum atomic E-state index is -5.06. The fourth-order valence-electron chi connectivity index (χ4n) is 1.51. The number of hydrogen-bond donors (Lipinski definition) is 0. The van der Waals surface area contributed by atoms with Crippen molar-refractivity contribution in [2.75, 3.05) is 7.11 Å². The predicted octanol–water partition coefficient (Wildman–Crippen LogP) is 3.53. The van der Waals surface area contributed by atoms with E-state index in [1.165, 1.54) is 0 Å². The van der Waals surface area contributed by atoms with Crippen LogP contribution < -0.4 is 4.74 Å². The molecule has 1 aromatic heterocycles. The minimum absolute atomic E-state index is 0.0324. The number of aromatic nitrogens is 1. The Bertz CT molecular complexity index is 521. The van der Waals surface area contributed by atoms with Crippen molar-refractivity contribution in [3.05, 3.63) is 22.9 Å². The highest BCUT2D eigenvalue weighted by Gasteiger charge is 2.33. The van der Waals surface area contributed by atoms with Gasteiger partial charge in [0.05, 0.1) is 13.5 Å². The third-order valence-electron chi connectivity index (χ3n) is 2.34. The lowest BCUT2D eigenvalue weighted by molar-refractivity contribution is -0.276. The molecule has 1 heterocycles. The van der Waals surface area contributed by atoms with Crippen LogP contribution in [-0.2, 0) is 21.3 Å². The Hall–Kier alpha value is -1.45. The smallest absolute Gasteiger partial charge is 0.469 e. The summed E-state index contributed by atoms with van der Waals surface area (Å²) in [7, 11) is 1.06. The Morgan fingerprint density at radius 1 is 1.43 bits per heavy atom. The maximum absolute atomic E-state index is 12.9. The number of pyridine rings is 1. The molecule has 118 valence electrons. The Labute approximate surface area is 124 Å². The van der Waals surface area contributed by atoms with Crippen LogP contribution in [0.15, 0.2) is 6.07 Å². The van der Waals surface area contributed by atoms with Crippen LogP contribution in [0, 0.1) is 0 Å². The van der Waals surface area contributed by atoms with Gasteiger partial charge in [-0.05, 0) is 11.1 Å². The third kappa shape index (κ3) is 5.10. The number of alkyl halides is 6. The first-order valence-electron chi connectivity index (χ1n) is 5.37. The summed E-state index contributed by atoms with van der Waals surface area (Å²) in [6, 6.07) is 0.840. The second-order valence-corrected chi connectivity index (χ2v) is 4.28. The molecule has 4 nitrogen and oxygen atoms in total. The standard InChI is InChI=1S/C11H9BrF5NO3/c1-20-8(19)3-6-5(4-12)2-7(21-11(15,16)17)18-9(6)10(13)14/h2,10H,3-4H2,1H3. The van der Waals surface area contributed by atoms with Crippen molar-refractivity contribution < 1.29 is 36.2 Å². The number of nitrogens with zero attached hydrogens (tertiary/aromatic N) is 1. The van der Waals surface area contributed by atoms with Crippen molar-refractivity contribution >= 4 is 21.9 Å². The molecule has 0 bridgehead atoms. The second kappa shape index (κ2) is 7.01. The molecule has 21 heavy (non-hydrogen) atoms. The van der Waals surface area contributed by atoms with Crippen LogP contribution in [0.4, 0.5) is 22.0 Å². The Morgan fingerprint density at radius 3 is 2.48 bits per heavy atom. The largest absolute Gasteiger partial charge is 0.574 e. The monoisotopic (exact) mass is 377 g/mol. The van der Waals surface area contributed by atoms with Crippen LogP contribution >= 0.6 is 15.9 Å². The molecule has 0 atom stereocenters. The van der Waals surface area contributed by atoms with E-state index in [9.17, 15) is 26.7 Å². The molecule has 0 unspecified atom stereocenters. The highest BCUT2D eigenvalue weighted by Crippen LogP contribution is 2.31. The van der Waals surface area contributed by atoms with E-state index in [-0.39, 0.29) is 16.5 Å². The van der Waals surface area contributed by atoms with E-state index < -0.39 is 36.8 Å². The Kier molecular flexibility index (Phi) is 5.87. The van der Waals surface area contributed by atoms with E-state index >= 15 is 0 Å². The van der Waals surface area contributed by atoms with E-state index in [0.29, 0.717) is 0 Å². The molecule has 0 saturated carbocycles. The predicted molar refractivity (Wildman–Crippen MR) is 64.2 cm³/mol. The number of halogens is 6. The van der Waals surface area contributed by atoms with Gasteiger partial charge in [-0.1, -0.05) is 15.9 Å². The van der Waals surface area contributed by atoms with Crippen molar-refractivity contribution in [2.45, 2.75) is 24.5 Å². The number of carbonyl (C=O) groups is 1. The molecular formula is C11H9BrF5NO3. The molecule has 0 amide bonds. The number of rotatable bonds is 5. The molecule has 1 aromatic rings. The molecule has 0 spiro atoms. The summed E-state index contributed by atoms with van der Waals surface area (Å²) in [6.45, 7) is 0. The van der Waals surface area contributed by atoms with Crippen LogP contribution in [0.25, 0.3) is 0 Å². The third-order valence-corrected chi connectivity index (χ3v) is 2.95. The molecule has 0 aliphatic heterocycles. The van der Waals surface area contributed by atoms with E-state index in [1.54, 1.807) is 0 Å². The van der Waals surface area contributed by atoms with Gasteiger partial charge in [0.15, 0.2) is 0 Å². The van der Waals surface area contributed by atoms with Crippen LogP contribution in [0.5, 0.6) is 5.88 Å². The number of ether oxygens (including phenoxy) is 2. The van der Waals surface area contributed by atoms with Gasteiger partial charge < -0.3 is 9.47 Å². The lowest BCUT2D eigenvalue weighted by atomic mass is 10.0. The average molecular weight is 378 g/mol. The van der Waals surface area contributed by atoms with Crippen molar-refractivity contribution in [3.8, 4) is 5.88 Å². The summed E-state index contributed by atoms with van der Waals surface area (Å²) >= 11 is 2.96. The fraction of sp³-hybridized carbons (Fsp3) is 0.455. The lowest BCUT2D eigenvalue weighted by Gasteiger charge is -2.15. The maximum atomic E-state index is 12.9. The topological polar surface area (TPSA) is 48.4 Å². The van der Waals surface area contributed by atoms with Crippen molar-refractivity contribution in [1.82, 2.24) is 4.98 Å². The number of hydrogen-bond acceptors (Lipinski definition) is 4. The van der Waals surface area contributed by atoms with Crippen LogP contribution in [0.3, 0.4) is 0 Å². The van der Waals surface area contributed by atoms with E-state index in [2.05, 4.69) is 30.4 Å². The molecule has 1 rings (SSSR count). The van der Waals surface area contributed by atoms with Gasteiger partial charge in [-0.15, -0.1) is 13.2 Å². The first-order valence-corrected chi connectivity index (χ1v) is 6.49. The highest BCUT2D eigenvalue weighted by atomic mass is 79.9. The van der Waals surface area contributed by atoms with Gasteiger partial charge in [-0.25, -0.2) is 13.8 Å². The molecule has 10 heteroatoms. The summed E-state index contributed by atoms with van der Waals surface area (Å²) in [4.78, 5) is 14.3. The highest BCUT2D eigenvalue weighted by molar-refractivity contribution is 9.08. The molecule has 0 radical (unpaired) electrons. The van der Waals surface area contributed by atoms with Gasteiger partial charge in [-0.2, -0.15) is 0 Å². The van der Waals surface area contributed by atoms with E-state index in [4.69, 9.17) is 0 Å². The molecule has 0 aliphatic carbocycles. The molecule has 0 fully saturated rings. The summed E-state index contributed by atoms with van der Waals surface area (Å²) in [5.74, 6) is -1.83. The summed E-state index contributed by atoms with van der Waals surface area (Å²) < 4.78 is 70.2. The molecule has 0 saturated heterocycles. The summed E-state index contributed by atoms with van der Waals surface area (Å²) in [5, 5.41) is -0.0597. The Morgan fingerprint density at radius 2 is 2.05 bits per heavy atom. The van der Waals surface area contributed by atoms with E-state index in [1.807, 2.05) is 0 Å². The number of methoxy groups -OCH3 is 1. The SMILES string of the molecule is COC(=O)Cc1c(CBr)cc(OC(F)(F)F)nc1C(F)F. The molecule has 0 aliphatic rings. The van der Waals surface area contributed by atoms with Gasteiger partial charge >= 0.3 is 12.3 Å². The van der Waals surface area contributed by atoms with E-state index in [0.717, 1.165) is 13.2 Å². The molecule has 0 aromatic carbocycles. The second-order valence-electron chi connectivity index (χ2n) is 3.72. The first-order chi connectivity index (χ1) is 9.67. The normalized spacial score (nSPS) is 11.6. The van der Waals surface area contributed by atoms with Gasteiger partial charge in [0.25, 0.3) is 6.43 Å². The number of esters is 1. The zero-order valence-corrected chi connectivity index (χ0v) is 12.1. The quantitative estimate of drug-likeness (QED) is 0.447. The Balaban J connectivity index is 3.32. The van der Waals surface area contributed by atoms with Gasteiger partial charge in [0.2, 0.25) is 5.88 Å². The molecule has 0 N–H and O–H groups in total. The van der Waals surface area contributed by atoms with Gasteiger partial charge in [0.1, 0.15) is 5.69 Å². The van der Waals surface area contributed by atoms with Crippen LogP contribution in [-0.4, -0.2) is 24.4 Å². The van der Waals surface area contributed by atoms with Crippen molar-refractivity contribution in [1.29, 1.82) is 0 Å². The maximum Gasteiger partial charge on any atom is 0.574 e. The van der Waals surface area contributed by atoms with Gasteiger partial charge in [-0.3, -0.25) is 4.79 Å². The first kappa shape index (κ1) is 17.6. The van der Waals surface area contributed by atoms with Crippen molar-refractivity contribution in [2.24, 2.45) is 0 Å². The zero-order valence-electron chi connectivity index (χ0n) is 10.5. The van der Waals surface area contributed by atoms with Gasteiger partial charge in [0, 0.05) is 11.4 Å². The van der Waals surface area contributed by atoms with Crippen LogP contribution in [0.1, 0.15) is 23.2 Å². The number of carbonyl (C=O) groups excluding carboxylic acids is 1. The van der Waals surface area contributed by atoms with Crippen molar-refractivity contribution in [3.63, 3.8) is 0 Å². The summed E-state index contributed by atoms with van der Waals surface area (Å²) in [6.07, 6.45) is -8.75. The van der Waals surface area contributed by atoms with Crippen LogP contribution in [0.2, 0.25) is 0 Å². The fourth-order valence-corrected chi connectivity index (χ4v) is 2.01. The minimum Gasteiger partial charge on any atom is -0.469 e.